The van der Waals surface area contributed by atoms with Gasteiger partial charge in [-0.15, -0.1) is 0 Å². The lowest BCUT2D eigenvalue weighted by atomic mass is 9.95. The second-order valence-electron chi connectivity index (χ2n) is 3.51. The highest BCUT2D eigenvalue weighted by atomic mass is 16.5. The zero-order chi connectivity index (χ0) is 12.3. The van der Waals surface area contributed by atoms with Crippen molar-refractivity contribution < 1.29 is 14.2 Å². The van der Waals surface area contributed by atoms with E-state index in [2.05, 4.69) is 27.0 Å². The zero-order valence-electron chi connectivity index (χ0n) is 10.2. The minimum atomic E-state index is -0.319. The molecule has 0 amide bonds. The van der Waals surface area contributed by atoms with Gasteiger partial charge in [0.1, 0.15) is 12.2 Å². The lowest BCUT2D eigenvalue weighted by Crippen LogP contribution is -2.35. The molecular weight excluding hydrogens is 204 g/mol. The van der Waals surface area contributed by atoms with Crippen LogP contribution < -0.4 is 0 Å². The van der Waals surface area contributed by atoms with Crippen molar-refractivity contribution in [1.29, 1.82) is 0 Å². The van der Waals surface area contributed by atoms with Crippen LogP contribution in [0.3, 0.4) is 0 Å². The Morgan fingerprint density at radius 1 is 1.25 bits per heavy atom. The van der Waals surface area contributed by atoms with Gasteiger partial charge in [-0.3, -0.25) is 0 Å². The molecule has 0 fully saturated rings. The molecule has 93 valence electrons. The standard InChI is InChI=1S/C13H23O3/c1-5-13(16-8-4,12-15-7-3)10-9-11-14-6-2/h7-8H,2-6,9-12H2,1H3. The van der Waals surface area contributed by atoms with Crippen LogP contribution >= 0.6 is 0 Å². The molecule has 16 heavy (non-hydrogen) atoms. The van der Waals surface area contributed by atoms with Gasteiger partial charge in [0, 0.05) is 13.2 Å². The number of hydrogen-bond acceptors (Lipinski definition) is 3. The molecular formula is C13H23O3. The summed E-state index contributed by atoms with van der Waals surface area (Å²) in [5.74, 6) is 0. The quantitative estimate of drug-likeness (QED) is 0.401. The Balaban J connectivity index is 4.13. The summed E-state index contributed by atoms with van der Waals surface area (Å²) in [6.45, 7) is 14.5. The molecule has 0 rings (SSSR count). The summed E-state index contributed by atoms with van der Waals surface area (Å²) in [5, 5.41) is 0. The summed E-state index contributed by atoms with van der Waals surface area (Å²) in [5.41, 5.74) is -0.319. The fraction of sp³-hybridized carbons (Fsp3) is 0.615. The third-order valence-electron chi connectivity index (χ3n) is 2.51. The van der Waals surface area contributed by atoms with Crippen molar-refractivity contribution in [2.24, 2.45) is 0 Å². The molecule has 0 aliphatic carbocycles. The molecule has 0 heterocycles. The maximum atomic E-state index is 5.58. The summed E-state index contributed by atoms with van der Waals surface area (Å²) in [6, 6.07) is 0. The molecule has 3 nitrogen and oxygen atoms in total. The van der Waals surface area contributed by atoms with Crippen LogP contribution in [0.1, 0.15) is 26.2 Å². The predicted octanol–water partition coefficient (Wildman–Crippen LogP) is 3.09. The molecule has 1 atom stereocenters. The Bertz CT molecular complexity index is 192. The molecule has 0 saturated heterocycles. The molecule has 3 heteroatoms. The fourth-order valence-electron chi connectivity index (χ4n) is 1.51. The molecule has 0 aliphatic rings. The SMILES string of the molecule is [CH2]COCCCC(CC)(COC=C)OC=C. The summed E-state index contributed by atoms with van der Waals surface area (Å²) < 4.78 is 16.0. The van der Waals surface area contributed by atoms with Gasteiger partial charge < -0.3 is 14.2 Å². The van der Waals surface area contributed by atoms with E-state index in [0.29, 0.717) is 19.8 Å². The first-order valence-electron chi connectivity index (χ1n) is 5.63. The Morgan fingerprint density at radius 3 is 2.50 bits per heavy atom. The molecule has 0 saturated carbocycles. The second-order valence-corrected chi connectivity index (χ2v) is 3.51. The van der Waals surface area contributed by atoms with Crippen LogP contribution in [0.5, 0.6) is 0 Å². The van der Waals surface area contributed by atoms with Crippen LogP contribution in [0, 0.1) is 6.92 Å². The highest BCUT2D eigenvalue weighted by Gasteiger charge is 2.29. The Labute approximate surface area is 99.1 Å². The molecule has 0 aromatic heterocycles. The van der Waals surface area contributed by atoms with E-state index in [-0.39, 0.29) is 5.60 Å². The Morgan fingerprint density at radius 2 is 2.00 bits per heavy atom. The zero-order valence-corrected chi connectivity index (χ0v) is 10.2. The minimum Gasteiger partial charge on any atom is -0.498 e. The van der Waals surface area contributed by atoms with E-state index in [1.54, 1.807) is 0 Å². The monoisotopic (exact) mass is 227 g/mol. The lowest BCUT2D eigenvalue weighted by Gasteiger charge is -2.31. The van der Waals surface area contributed by atoms with Crippen molar-refractivity contribution in [3.8, 4) is 0 Å². The van der Waals surface area contributed by atoms with E-state index >= 15 is 0 Å². The summed E-state index contributed by atoms with van der Waals surface area (Å²) in [6.07, 6.45) is 5.54. The van der Waals surface area contributed by atoms with Crippen LogP contribution in [0.4, 0.5) is 0 Å². The van der Waals surface area contributed by atoms with E-state index < -0.39 is 0 Å². The van der Waals surface area contributed by atoms with Gasteiger partial charge in [-0.1, -0.05) is 20.1 Å². The molecule has 1 unspecified atom stereocenters. The van der Waals surface area contributed by atoms with Gasteiger partial charge in [-0.05, 0) is 26.2 Å². The maximum absolute atomic E-state index is 5.58. The summed E-state index contributed by atoms with van der Waals surface area (Å²) in [4.78, 5) is 0. The van der Waals surface area contributed by atoms with Gasteiger partial charge in [0.2, 0.25) is 0 Å². The fourth-order valence-corrected chi connectivity index (χ4v) is 1.51. The molecule has 0 aromatic carbocycles. The number of hydrogen-bond donors (Lipinski definition) is 0. The maximum Gasteiger partial charge on any atom is 0.142 e. The smallest absolute Gasteiger partial charge is 0.142 e. The van der Waals surface area contributed by atoms with Crippen molar-refractivity contribution in [1.82, 2.24) is 0 Å². The van der Waals surface area contributed by atoms with Gasteiger partial charge >= 0.3 is 0 Å². The average Bonchev–Trinajstić information content (AvgIpc) is 2.31. The highest BCUT2D eigenvalue weighted by molar-refractivity contribution is 4.82. The molecule has 1 radical (unpaired) electrons. The van der Waals surface area contributed by atoms with Crippen LogP contribution in [0.25, 0.3) is 0 Å². The van der Waals surface area contributed by atoms with Gasteiger partial charge in [0.25, 0.3) is 0 Å². The molecule has 0 aromatic rings. The first-order valence-corrected chi connectivity index (χ1v) is 5.63. The number of rotatable bonds is 11. The van der Waals surface area contributed by atoms with E-state index in [9.17, 15) is 0 Å². The molecule has 0 spiro atoms. The van der Waals surface area contributed by atoms with Gasteiger partial charge in [-0.2, -0.15) is 0 Å². The van der Waals surface area contributed by atoms with Crippen LogP contribution in [-0.4, -0.2) is 25.4 Å². The third-order valence-corrected chi connectivity index (χ3v) is 2.51. The topological polar surface area (TPSA) is 27.7 Å². The third kappa shape index (κ3) is 5.81. The van der Waals surface area contributed by atoms with Gasteiger partial charge in [0.15, 0.2) is 0 Å². The summed E-state index contributed by atoms with van der Waals surface area (Å²) in [7, 11) is 0. The van der Waals surface area contributed by atoms with Crippen LogP contribution in [0.2, 0.25) is 0 Å². The van der Waals surface area contributed by atoms with E-state index in [4.69, 9.17) is 14.2 Å². The van der Waals surface area contributed by atoms with Crippen molar-refractivity contribution in [3.63, 3.8) is 0 Å². The normalized spacial score (nSPS) is 13.9. The first kappa shape index (κ1) is 15.0. The van der Waals surface area contributed by atoms with Crippen molar-refractivity contribution in [2.45, 2.75) is 31.8 Å². The predicted molar refractivity (Wildman–Crippen MR) is 65.9 cm³/mol. The highest BCUT2D eigenvalue weighted by Crippen LogP contribution is 2.23. The van der Waals surface area contributed by atoms with Gasteiger partial charge in [0.05, 0.1) is 12.5 Å². The van der Waals surface area contributed by atoms with Crippen LogP contribution in [0.15, 0.2) is 25.7 Å². The molecule has 0 N–H and O–H groups in total. The van der Waals surface area contributed by atoms with Gasteiger partial charge in [-0.25, -0.2) is 0 Å². The Kier molecular flexibility index (Phi) is 8.72. The summed E-state index contributed by atoms with van der Waals surface area (Å²) >= 11 is 0. The lowest BCUT2D eigenvalue weighted by molar-refractivity contribution is -0.0449. The largest absolute Gasteiger partial charge is 0.498 e. The molecule has 0 bridgehead atoms. The molecule has 0 aliphatic heterocycles. The van der Waals surface area contributed by atoms with E-state index in [1.165, 1.54) is 12.5 Å². The Hall–Kier alpha value is -0.960. The van der Waals surface area contributed by atoms with Crippen molar-refractivity contribution in [2.75, 3.05) is 19.8 Å². The van der Waals surface area contributed by atoms with Crippen molar-refractivity contribution in [3.05, 3.63) is 32.6 Å². The second kappa shape index (κ2) is 9.28. The van der Waals surface area contributed by atoms with E-state index in [0.717, 1.165) is 19.3 Å². The van der Waals surface area contributed by atoms with Crippen molar-refractivity contribution >= 4 is 0 Å². The van der Waals surface area contributed by atoms with Crippen LogP contribution in [-0.2, 0) is 14.2 Å². The van der Waals surface area contributed by atoms with E-state index in [1.807, 2.05) is 0 Å². The number of ether oxygens (including phenoxy) is 3. The first-order chi connectivity index (χ1) is 7.74. The minimum absolute atomic E-state index is 0.319. The average molecular weight is 227 g/mol.